The van der Waals surface area contributed by atoms with Crippen LogP contribution in [0.4, 0.5) is 0 Å². The second-order valence-electron chi connectivity index (χ2n) is 5.69. The van der Waals surface area contributed by atoms with Gasteiger partial charge in [-0.05, 0) is 38.4 Å². The highest BCUT2D eigenvalue weighted by Crippen LogP contribution is 2.22. The molecular formula is C17H26N2O3. The minimum Gasteiger partial charge on any atom is -0.491 e. The first kappa shape index (κ1) is 16.8. The van der Waals surface area contributed by atoms with Crippen molar-refractivity contribution < 1.29 is 14.3 Å². The van der Waals surface area contributed by atoms with Crippen molar-refractivity contribution in [3.8, 4) is 5.75 Å². The average molecular weight is 306 g/mol. The Kier molecular flexibility index (Phi) is 6.68. The molecule has 0 aromatic heterocycles. The molecule has 22 heavy (non-hydrogen) atoms. The highest BCUT2D eigenvalue weighted by Gasteiger charge is 2.17. The molecule has 1 aromatic carbocycles. The van der Waals surface area contributed by atoms with Gasteiger partial charge < -0.3 is 20.1 Å². The van der Waals surface area contributed by atoms with Crippen LogP contribution < -0.4 is 15.4 Å². The minimum absolute atomic E-state index is 0.0417. The maximum atomic E-state index is 11.7. The summed E-state index contributed by atoms with van der Waals surface area (Å²) >= 11 is 0. The van der Waals surface area contributed by atoms with Crippen molar-refractivity contribution in [3.63, 3.8) is 0 Å². The van der Waals surface area contributed by atoms with E-state index in [1.165, 1.54) is 0 Å². The summed E-state index contributed by atoms with van der Waals surface area (Å²) in [4.78, 5) is 11.7. The monoisotopic (exact) mass is 306 g/mol. The van der Waals surface area contributed by atoms with Crippen molar-refractivity contribution >= 4 is 5.91 Å². The number of carbonyl (C=O) groups excluding carboxylic acids is 1. The van der Waals surface area contributed by atoms with E-state index in [-0.39, 0.29) is 12.0 Å². The number of carbonyl (C=O) groups is 1. The van der Waals surface area contributed by atoms with Gasteiger partial charge in [-0.25, -0.2) is 0 Å². The van der Waals surface area contributed by atoms with Crippen LogP contribution in [0.1, 0.15) is 30.4 Å². The molecule has 1 heterocycles. The molecule has 0 bridgehead atoms. The van der Waals surface area contributed by atoms with Gasteiger partial charge in [0.25, 0.3) is 0 Å². The first-order chi connectivity index (χ1) is 10.7. The first-order valence-electron chi connectivity index (χ1n) is 7.94. The average Bonchev–Trinajstić information content (AvgIpc) is 3.03. The van der Waals surface area contributed by atoms with Crippen LogP contribution in [0.5, 0.6) is 5.75 Å². The van der Waals surface area contributed by atoms with E-state index in [2.05, 4.69) is 10.6 Å². The summed E-state index contributed by atoms with van der Waals surface area (Å²) < 4.78 is 11.5. The molecule has 1 saturated heterocycles. The molecule has 0 radical (unpaired) electrons. The third-order valence-electron chi connectivity index (χ3n) is 3.75. The second kappa shape index (κ2) is 8.76. The lowest BCUT2D eigenvalue weighted by molar-refractivity contribution is -0.121. The van der Waals surface area contributed by atoms with Crippen molar-refractivity contribution in [2.45, 2.75) is 38.8 Å². The molecule has 0 spiro atoms. The van der Waals surface area contributed by atoms with Gasteiger partial charge in [-0.2, -0.15) is 0 Å². The molecule has 0 saturated carbocycles. The van der Waals surface area contributed by atoms with Gasteiger partial charge in [0.1, 0.15) is 12.4 Å². The van der Waals surface area contributed by atoms with Gasteiger partial charge >= 0.3 is 0 Å². The van der Waals surface area contributed by atoms with E-state index in [9.17, 15) is 4.79 Å². The zero-order valence-electron chi connectivity index (χ0n) is 13.5. The zero-order chi connectivity index (χ0) is 15.8. The number of nitrogens with one attached hydrogen (secondary N) is 2. The molecule has 5 nitrogen and oxygen atoms in total. The predicted molar refractivity (Wildman–Crippen MR) is 86.0 cm³/mol. The molecule has 1 amide bonds. The molecular weight excluding hydrogens is 280 g/mol. The first-order valence-corrected chi connectivity index (χ1v) is 7.94. The number of benzene rings is 1. The van der Waals surface area contributed by atoms with Crippen molar-refractivity contribution in [2.75, 3.05) is 26.8 Å². The largest absolute Gasteiger partial charge is 0.491 e. The Morgan fingerprint density at radius 2 is 2.32 bits per heavy atom. The molecule has 2 rings (SSSR count). The standard InChI is InChI=1S/C17H26N2O3/c1-13-5-6-14(11-19-17(20)7-8-18-2)16(10-13)22-12-15-4-3-9-21-15/h5-6,10,15,18H,3-4,7-9,11-12H2,1-2H3,(H,19,20). The van der Waals surface area contributed by atoms with Crippen molar-refractivity contribution in [1.29, 1.82) is 0 Å². The van der Waals surface area contributed by atoms with E-state index in [0.717, 1.165) is 36.3 Å². The molecule has 1 fully saturated rings. The lowest BCUT2D eigenvalue weighted by Crippen LogP contribution is -2.26. The maximum absolute atomic E-state index is 11.7. The fourth-order valence-electron chi connectivity index (χ4n) is 2.42. The Labute approximate surface area is 132 Å². The van der Waals surface area contributed by atoms with Crippen LogP contribution in [0.25, 0.3) is 0 Å². The predicted octanol–water partition coefficient (Wildman–Crippen LogP) is 1.78. The summed E-state index contributed by atoms with van der Waals surface area (Å²) in [6.07, 6.45) is 2.84. The fourth-order valence-corrected chi connectivity index (χ4v) is 2.42. The third kappa shape index (κ3) is 5.31. The Morgan fingerprint density at radius 3 is 3.05 bits per heavy atom. The summed E-state index contributed by atoms with van der Waals surface area (Å²) in [6.45, 7) is 4.61. The van der Waals surface area contributed by atoms with Crippen LogP contribution in [0, 0.1) is 6.92 Å². The summed E-state index contributed by atoms with van der Waals surface area (Å²) in [6, 6.07) is 6.07. The number of hydrogen-bond donors (Lipinski definition) is 2. The lowest BCUT2D eigenvalue weighted by Gasteiger charge is -2.16. The highest BCUT2D eigenvalue weighted by molar-refractivity contribution is 5.76. The Hall–Kier alpha value is -1.59. The zero-order valence-corrected chi connectivity index (χ0v) is 13.5. The van der Waals surface area contributed by atoms with Gasteiger partial charge in [0.15, 0.2) is 0 Å². The summed E-state index contributed by atoms with van der Waals surface area (Å²) in [5, 5.41) is 5.90. The number of amides is 1. The molecule has 0 aliphatic carbocycles. The van der Waals surface area contributed by atoms with E-state index in [0.29, 0.717) is 26.1 Å². The van der Waals surface area contributed by atoms with Crippen LogP contribution in [0.3, 0.4) is 0 Å². The minimum atomic E-state index is 0.0417. The van der Waals surface area contributed by atoms with E-state index < -0.39 is 0 Å². The van der Waals surface area contributed by atoms with Crippen molar-refractivity contribution in [1.82, 2.24) is 10.6 Å². The molecule has 1 aliphatic rings. The number of ether oxygens (including phenoxy) is 2. The van der Waals surface area contributed by atoms with E-state index >= 15 is 0 Å². The molecule has 2 N–H and O–H groups in total. The lowest BCUT2D eigenvalue weighted by atomic mass is 10.1. The normalized spacial score (nSPS) is 17.5. The van der Waals surface area contributed by atoms with Crippen LogP contribution in [0.15, 0.2) is 18.2 Å². The third-order valence-corrected chi connectivity index (χ3v) is 3.75. The summed E-state index contributed by atoms with van der Waals surface area (Å²) in [5.74, 6) is 0.879. The summed E-state index contributed by atoms with van der Waals surface area (Å²) in [7, 11) is 1.84. The molecule has 1 aliphatic heterocycles. The van der Waals surface area contributed by atoms with Crippen molar-refractivity contribution in [2.24, 2.45) is 0 Å². The van der Waals surface area contributed by atoms with E-state index in [4.69, 9.17) is 9.47 Å². The van der Waals surface area contributed by atoms with Crippen LogP contribution in [0.2, 0.25) is 0 Å². The van der Waals surface area contributed by atoms with Crippen LogP contribution in [-0.2, 0) is 16.1 Å². The second-order valence-corrected chi connectivity index (χ2v) is 5.69. The van der Waals surface area contributed by atoms with E-state index in [1.54, 1.807) is 0 Å². The molecule has 5 heteroatoms. The Bertz CT molecular complexity index is 485. The topological polar surface area (TPSA) is 59.6 Å². The maximum Gasteiger partial charge on any atom is 0.221 e. The van der Waals surface area contributed by atoms with Gasteiger partial charge in [-0.3, -0.25) is 4.79 Å². The van der Waals surface area contributed by atoms with Gasteiger partial charge in [0.05, 0.1) is 6.10 Å². The van der Waals surface area contributed by atoms with Crippen molar-refractivity contribution in [3.05, 3.63) is 29.3 Å². The van der Waals surface area contributed by atoms with E-state index in [1.807, 2.05) is 32.2 Å². The van der Waals surface area contributed by atoms with Gasteiger partial charge in [-0.15, -0.1) is 0 Å². The molecule has 1 aromatic rings. The summed E-state index contributed by atoms with van der Waals surface area (Å²) in [5.41, 5.74) is 2.15. The molecule has 1 atom stereocenters. The smallest absolute Gasteiger partial charge is 0.221 e. The number of rotatable bonds is 8. The fraction of sp³-hybridized carbons (Fsp3) is 0.588. The molecule has 122 valence electrons. The Morgan fingerprint density at radius 1 is 1.45 bits per heavy atom. The van der Waals surface area contributed by atoms with Crippen LogP contribution >= 0.6 is 0 Å². The number of hydrogen-bond acceptors (Lipinski definition) is 4. The number of aryl methyl sites for hydroxylation is 1. The highest BCUT2D eigenvalue weighted by atomic mass is 16.5. The SMILES string of the molecule is CNCCC(=O)NCc1ccc(C)cc1OCC1CCCO1. The quantitative estimate of drug-likeness (QED) is 0.768. The van der Waals surface area contributed by atoms with Gasteiger partial charge in [0.2, 0.25) is 5.91 Å². The molecule has 1 unspecified atom stereocenters. The Balaban J connectivity index is 1.90. The van der Waals surface area contributed by atoms with Gasteiger partial charge in [0, 0.05) is 31.7 Å². The van der Waals surface area contributed by atoms with Crippen LogP contribution in [-0.4, -0.2) is 38.8 Å². The van der Waals surface area contributed by atoms with Gasteiger partial charge in [-0.1, -0.05) is 12.1 Å².